The molecule has 0 aromatic carbocycles. The minimum atomic E-state index is 0.353. The SMILES string of the molecule is [2H]c1nn(C)c2c1CC(C)(C)CC2. The normalized spacial score (nSPS) is 21.8. The summed E-state index contributed by atoms with van der Waals surface area (Å²) in [6, 6.07) is 0. The van der Waals surface area contributed by atoms with E-state index in [0.29, 0.717) is 11.6 Å². The molecule has 0 amide bonds. The first kappa shape index (κ1) is 6.70. The van der Waals surface area contributed by atoms with Crippen LogP contribution in [0.2, 0.25) is 0 Å². The van der Waals surface area contributed by atoms with Crippen molar-refractivity contribution in [2.75, 3.05) is 0 Å². The minimum Gasteiger partial charge on any atom is -0.272 e. The zero-order valence-electron chi connectivity index (χ0n) is 9.02. The Balaban J connectivity index is 2.45. The molecule has 66 valence electrons. The fraction of sp³-hybridized carbons (Fsp3) is 0.700. The standard InChI is InChI=1S/C10H16N2/c1-10(2)5-4-9-8(6-10)7-11-12(9)3/h7H,4-6H2,1-3H3/i7D. The van der Waals surface area contributed by atoms with Crippen LogP contribution in [0, 0.1) is 5.41 Å². The molecule has 0 N–H and O–H groups in total. The summed E-state index contributed by atoms with van der Waals surface area (Å²) in [5, 5.41) is 4.14. The van der Waals surface area contributed by atoms with Crippen LogP contribution in [0.25, 0.3) is 0 Å². The number of nitrogens with zero attached hydrogens (tertiary/aromatic N) is 2. The fourth-order valence-corrected chi connectivity index (χ4v) is 1.93. The molecule has 0 spiro atoms. The van der Waals surface area contributed by atoms with Crippen LogP contribution in [0.5, 0.6) is 0 Å². The van der Waals surface area contributed by atoms with Crippen molar-refractivity contribution in [2.45, 2.75) is 33.1 Å². The number of hydrogen-bond acceptors (Lipinski definition) is 1. The van der Waals surface area contributed by atoms with Gasteiger partial charge in [-0.05, 0) is 30.2 Å². The third-order valence-corrected chi connectivity index (χ3v) is 2.77. The molecule has 0 bridgehead atoms. The Kier molecular flexibility index (Phi) is 1.31. The Bertz CT molecular complexity index is 339. The molecule has 2 heteroatoms. The first-order valence-corrected chi connectivity index (χ1v) is 4.51. The third-order valence-electron chi connectivity index (χ3n) is 2.77. The Morgan fingerprint density at radius 3 is 3.17 bits per heavy atom. The van der Waals surface area contributed by atoms with Gasteiger partial charge in [0.05, 0.1) is 7.54 Å². The molecule has 2 nitrogen and oxygen atoms in total. The summed E-state index contributed by atoms with van der Waals surface area (Å²) >= 11 is 0. The molecule has 1 aliphatic carbocycles. The maximum Gasteiger partial charge on any atom is 0.0863 e. The van der Waals surface area contributed by atoms with Crippen LogP contribution < -0.4 is 0 Å². The average molecular weight is 165 g/mol. The van der Waals surface area contributed by atoms with Gasteiger partial charge in [0, 0.05) is 12.7 Å². The summed E-state index contributed by atoms with van der Waals surface area (Å²) in [6.45, 7) is 4.53. The zero-order chi connectivity index (χ0) is 9.64. The van der Waals surface area contributed by atoms with Crippen molar-refractivity contribution >= 4 is 0 Å². The summed E-state index contributed by atoms with van der Waals surface area (Å²) in [7, 11) is 1.94. The van der Waals surface area contributed by atoms with Gasteiger partial charge in [-0.1, -0.05) is 13.8 Å². The molecular weight excluding hydrogens is 148 g/mol. The molecule has 12 heavy (non-hydrogen) atoms. The smallest absolute Gasteiger partial charge is 0.0863 e. The summed E-state index contributed by atoms with van der Waals surface area (Å²) in [6.07, 6.45) is 3.77. The van der Waals surface area contributed by atoms with Gasteiger partial charge in [-0.25, -0.2) is 0 Å². The Morgan fingerprint density at radius 1 is 1.67 bits per heavy atom. The van der Waals surface area contributed by atoms with Crippen molar-refractivity contribution in [3.63, 3.8) is 0 Å². The van der Waals surface area contributed by atoms with Crippen LogP contribution in [0.15, 0.2) is 6.17 Å². The van der Waals surface area contributed by atoms with Gasteiger partial charge in [-0.3, -0.25) is 4.68 Å². The second-order valence-electron chi connectivity index (χ2n) is 4.50. The number of aryl methyl sites for hydroxylation is 1. The lowest BCUT2D eigenvalue weighted by molar-refractivity contribution is 0.311. The van der Waals surface area contributed by atoms with Crippen LogP contribution >= 0.6 is 0 Å². The molecule has 0 fully saturated rings. The van der Waals surface area contributed by atoms with Crippen molar-refractivity contribution in [1.82, 2.24) is 9.78 Å². The molecule has 2 rings (SSSR count). The van der Waals surface area contributed by atoms with Crippen LogP contribution in [0.3, 0.4) is 0 Å². The number of aromatic nitrogens is 2. The second kappa shape index (κ2) is 2.35. The molecule has 0 saturated carbocycles. The van der Waals surface area contributed by atoms with E-state index in [1.807, 2.05) is 11.7 Å². The predicted molar refractivity (Wildman–Crippen MR) is 49.0 cm³/mol. The second-order valence-corrected chi connectivity index (χ2v) is 4.50. The number of rotatable bonds is 0. The van der Waals surface area contributed by atoms with Gasteiger partial charge < -0.3 is 0 Å². The van der Waals surface area contributed by atoms with Crippen molar-refractivity contribution in [3.8, 4) is 0 Å². The van der Waals surface area contributed by atoms with E-state index in [-0.39, 0.29) is 0 Å². The highest BCUT2D eigenvalue weighted by Crippen LogP contribution is 2.33. The van der Waals surface area contributed by atoms with Gasteiger partial charge >= 0.3 is 0 Å². The van der Waals surface area contributed by atoms with E-state index in [9.17, 15) is 0 Å². The monoisotopic (exact) mass is 165 g/mol. The van der Waals surface area contributed by atoms with E-state index in [4.69, 9.17) is 1.37 Å². The largest absolute Gasteiger partial charge is 0.272 e. The van der Waals surface area contributed by atoms with Crippen LogP contribution in [0.4, 0.5) is 0 Å². The highest BCUT2D eigenvalue weighted by Gasteiger charge is 2.26. The van der Waals surface area contributed by atoms with Crippen molar-refractivity contribution in [1.29, 1.82) is 0 Å². The van der Waals surface area contributed by atoms with E-state index in [1.165, 1.54) is 17.7 Å². The minimum absolute atomic E-state index is 0.353. The van der Waals surface area contributed by atoms with Crippen molar-refractivity contribution in [2.24, 2.45) is 12.5 Å². The van der Waals surface area contributed by atoms with E-state index < -0.39 is 0 Å². The molecule has 1 aromatic rings. The van der Waals surface area contributed by atoms with Gasteiger partial charge in [0.1, 0.15) is 0 Å². The zero-order valence-corrected chi connectivity index (χ0v) is 8.02. The fourth-order valence-electron chi connectivity index (χ4n) is 1.93. The maximum atomic E-state index is 7.71. The van der Waals surface area contributed by atoms with E-state index in [2.05, 4.69) is 18.9 Å². The first-order chi connectivity index (χ1) is 5.99. The topological polar surface area (TPSA) is 17.8 Å². The summed E-state index contributed by atoms with van der Waals surface area (Å²) < 4.78 is 9.58. The van der Waals surface area contributed by atoms with E-state index in [0.717, 1.165) is 12.8 Å². The van der Waals surface area contributed by atoms with Gasteiger partial charge in [-0.15, -0.1) is 0 Å². The molecular formula is C10H16N2. The van der Waals surface area contributed by atoms with Crippen molar-refractivity contribution < 1.29 is 1.37 Å². The highest BCUT2D eigenvalue weighted by atomic mass is 15.3. The quantitative estimate of drug-likeness (QED) is 0.574. The molecule has 0 radical (unpaired) electrons. The Morgan fingerprint density at radius 2 is 2.42 bits per heavy atom. The molecule has 1 aromatic heterocycles. The predicted octanol–water partition coefficient (Wildman–Crippen LogP) is 1.94. The summed E-state index contributed by atoms with van der Waals surface area (Å²) in [5.41, 5.74) is 2.79. The van der Waals surface area contributed by atoms with Gasteiger partial charge in [0.25, 0.3) is 0 Å². The molecule has 0 aliphatic heterocycles. The molecule has 0 unspecified atom stereocenters. The van der Waals surface area contributed by atoms with Crippen molar-refractivity contribution in [3.05, 3.63) is 17.4 Å². The van der Waals surface area contributed by atoms with E-state index >= 15 is 0 Å². The molecule has 1 heterocycles. The summed E-state index contributed by atoms with van der Waals surface area (Å²) in [4.78, 5) is 0. The van der Waals surface area contributed by atoms with Gasteiger partial charge in [0.15, 0.2) is 0 Å². The maximum absolute atomic E-state index is 7.71. The molecule has 1 aliphatic rings. The lowest BCUT2D eigenvalue weighted by atomic mass is 9.77. The average Bonchev–Trinajstić information content (AvgIpc) is 2.26. The van der Waals surface area contributed by atoms with Crippen LogP contribution in [-0.2, 0) is 19.9 Å². The highest BCUT2D eigenvalue weighted by molar-refractivity contribution is 5.22. The van der Waals surface area contributed by atoms with Gasteiger partial charge in [-0.2, -0.15) is 5.10 Å². The Hall–Kier alpha value is -0.790. The lowest BCUT2D eigenvalue weighted by Crippen LogP contribution is -2.22. The molecule has 0 atom stereocenters. The summed E-state index contributed by atoms with van der Waals surface area (Å²) in [5.74, 6) is 0. The van der Waals surface area contributed by atoms with Crippen LogP contribution in [-0.4, -0.2) is 9.78 Å². The number of fused-ring (bicyclic) bond motifs is 1. The number of hydrogen-bond donors (Lipinski definition) is 0. The first-order valence-electron chi connectivity index (χ1n) is 5.01. The van der Waals surface area contributed by atoms with E-state index in [1.54, 1.807) is 0 Å². The lowest BCUT2D eigenvalue weighted by Gasteiger charge is -2.29. The third kappa shape index (κ3) is 1.15. The van der Waals surface area contributed by atoms with Crippen LogP contribution in [0.1, 0.15) is 32.9 Å². The molecule has 0 saturated heterocycles. The Labute approximate surface area is 75.0 Å². The van der Waals surface area contributed by atoms with Gasteiger partial charge in [0.2, 0.25) is 0 Å².